The molecule has 14 heavy (non-hydrogen) atoms. The predicted octanol–water partition coefficient (Wildman–Crippen LogP) is 2.02. The maximum Gasteiger partial charge on any atom is 0.133 e. The fourth-order valence-electron chi connectivity index (χ4n) is 1.41. The lowest BCUT2D eigenvalue weighted by Crippen LogP contribution is -2.14. The molecule has 1 aromatic carbocycles. The first-order valence-corrected chi connectivity index (χ1v) is 4.72. The zero-order chi connectivity index (χ0) is 10.4. The Hall–Kier alpha value is -1.44. The summed E-state index contributed by atoms with van der Waals surface area (Å²) in [5, 5.41) is 0. The highest BCUT2D eigenvalue weighted by Gasteiger charge is 2.13. The van der Waals surface area contributed by atoms with Crippen LogP contribution in [0.1, 0.15) is 18.9 Å². The second kappa shape index (κ2) is 5.32. The minimum Gasteiger partial charge on any atom is -0.303 e. The summed E-state index contributed by atoms with van der Waals surface area (Å²) < 4.78 is 0. The van der Waals surface area contributed by atoms with Crippen LogP contribution >= 0.6 is 0 Å². The highest BCUT2D eigenvalue weighted by Crippen LogP contribution is 2.12. The minimum atomic E-state index is -0.158. The number of hydrogen-bond acceptors (Lipinski definition) is 2. The van der Waals surface area contributed by atoms with E-state index in [1.807, 2.05) is 30.3 Å². The summed E-state index contributed by atoms with van der Waals surface area (Å²) in [4.78, 5) is 21.5. The van der Waals surface area contributed by atoms with E-state index in [0.29, 0.717) is 12.8 Å². The fourth-order valence-corrected chi connectivity index (χ4v) is 1.41. The second-order valence-corrected chi connectivity index (χ2v) is 3.40. The lowest BCUT2D eigenvalue weighted by atomic mass is 9.93. The fraction of sp³-hybridized carbons (Fsp3) is 0.333. The van der Waals surface area contributed by atoms with Gasteiger partial charge in [0.25, 0.3) is 0 Å². The maximum atomic E-state index is 11.2. The normalized spacial score (nSPS) is 12.1. The van der Waals surface area contributed by atoms with Gasteiger partial charge in [0.05, 0.1) is 0 Å². The molecule has 0 fully saturated rings. The van der Waals surface area contributed by atoms with Gasteiger partial charge in [-0.3, -0.25) is 4.79 Å². The van der Waals surface area contributed by atoms with Crippen molar-refractivity contribution in [3.8, 4) is 0 Å². The Bertz CT molecular complexity index is 303. The highest BCUT2D eigenvalue weighted by atomic mass is 16.1. The lowest BCUT2D eigenvalue weighted by molar-refractivity contribution is -0.123. The highest BCUT2D eigenvalue weighted by molar-refractivity contribution is 5.80. The topological polar surface area (TPSA) is 34.1 Å². The van der Waals surface area contributed by atoms with Crippen molar-refractivity contribution in [1.82, 2.24) is 0 Å². The summed E-state index contributed by atoms with van der Waals surface area (Å²) in [6.45, 7) is 1.54. The molecular weight excluding hydrogens is 176 g/mol. The Morgan fingerprint density at radius 3 is 2.50 bits per heavy atom. The number of ketones is 1. The minimum absolute atomic E-state index is 0.0842. The summed E-state index contributed by atoms with van der Waals surface area (Å²) in [5.41, 5.74) is 1.11. The van der Waals surface area contributed by atoms with Gasteiger partial charge in [0.2, 0.25) is 0 Å². The third kappa shape index (κ3) is 3.13. The van der Waals surface area contributed by atoms with E-state index in [4.69, 9.17) is 0 Å². The predicted molar refractivity (Wildman–Crippen MR) is 55.0 cm³/mol. The summed E-state index contributed by atoms with van der Waals surface area (Å²) in [7, 11) is 0. The average Bonchev–Trinajstić information content (AvgIpc) is 2.18. The second-order valence-electron chi connectivity index (χ2n) is 3.40. The molecule has 0 bridgehead atoms. The van der Waals surface area contributed by atoms with Crippen molar-refractivity contribution < 1.29 is 9.59 Å². The molecule has 1 atom stereocenters. The van der Waals surface area contributed by atoms with Gasteiger partial charge in [-0.25, -0.2) is 0 Å². The number of carbonyl (C=O) groups excluding carboxylic acids is 2. The summed E-state index contributed by atoms with van der Waals surface area (Å²) >= 11 is 0. The molecule has 0 N–H and O–H groups in total. The molecule has 0 aromatic heterocycles. The molecule has 2 heteroatoms. The lowest BCUT2D eigenvalue weighted by Gasteiger charge is -2.09. The van der Waals surface area contributed by atoms with Gasteiger partial charge in [0.1, 0.15) is 12.1 Å². The van der Waals surface area contributed by atoms with Crippen LogP contribution in [0.4, 0.5) is 0 Å². The van der Waals surface area contributed by atoms with Crippen molar-refractivity contribution in [2.24, 2.45) is 5.92 Å². The molecule has 0 saturated carbocycles. The van der Waals surface area contributed by atoms with Gasteiger partial charge < -0.3 is 4.79 Å². The molecule has 0 aliphatic heterocycles. The van der Waals surface area contributed by atoms with Crippen molar-refractivity contribution >= 4 is 12.1 Å². The van der Waals surface area contributed by atoms with Crippen LogP contribution in [-0.2, 0) is 16.0 Å². The monoisotopic (exact) mass is 190 g/mol. The van der Waals surface area contributed by atoms with E-state index in [1.165, 1.54) is 6.92 Å². The summed E-state index contributed by atoms with van der Waals surface area (Å²) in [6, 6.07) is 9.76. The van der Waals surface area contributed by atoms with Crippen LogP contribution in [0, 0.1) is 5.92 Å². The first kappa shape index (κ1) is 10.6. The Morgan fingerprint density at radius 1 is 1.36 bits per heavy atom. The van der Waals surface area contributed by atoms with Crippen LogP contribution in [-0.4, -0.2) is 12.1 Å². The van der Waals surface area contributed by atoms with Gasteiger partial charge in [0, 0.05) is 12.3 Å². The van der Waals surface area contributed by atoms with E-state index < -0.39 is 0 Å². The molecule has 0 aliphatic carbocycles. The Labute approximate surface area is 83.9 Å². The van der Waals surface area contributed by atoms with Gasteiger partial charge in [-0.05, 0) is 18.9 Å². The van der Waals surface area contributed by atoms with Gasteiger partial charge in [-0.15, -0.1) is 0 Å². The van der Waals surface area contributed by atoms with E-state index in [0.717, 1.165) is 11.8 Å². The standard InChI is InChI=1S/C12H14O2/c1-10(14)12(7-8-13)9-11-5-3-2-4-6-11/h2-6,8,12H,7,9H2,1H3. The number of carbonyl (C=O) groups is 2. The molecule has 2 nitrogen and oxygen atoms in total. The molecule has 0 saturated heterocycles. The molecule has 1 rings (SSSR count). The SMILES string of the molecule is CC(=O)C(CC=O)Cc1ccccc1. The molecule has 0 spiro atoms. The van der Waals surface area contributed by atoms with E-state index >= 15 is 0 Å². The molecule has 0 heterocycles. The first-order chi connectivity index (χ1) is 6.74. The van der Waals surface area contributed by atoms with Gasteiger partial charge in [-0.2, -0.15) is 0 Å². The van der Waals surface area contributed by atoms with E-state index in [-0.39, 0.29) is 11.7 Å². The molecule has 0 aliphatic rings. The Kier molecular flexibility index (Phi) is 4.05. The Morgan fingerprint density at radius 2 is 2.00 bits per heavy atom. The van der Waals surface area contributed by atoms with Crippen LogP contribution < -0.4 is 0 Å². The number of Topliss-reactive ketones (excluding diaryl/α,β-unsaturated/α-hetero) is 1. The van der Waals surface area contributed by atoms with E-state index in [1.54, 1.807) is 0 Å². The summed E-state index contributed by atoms with van der Waals surface area (Å²) in [5.74, 6) is -0.0733. The van der Waals surface area contributed by atoms with Crippen LogP contribution in [0.25, 0.3) is 0 Å². The number of hydrogen-bond donors (Lipinski definition) is 0. The number of benzene rings is 1. The smallest absolute Gasteiger partial charge is 0.133 e. The maximum absolute atomic E-state index is 11.2. The molecule has 74 valence electrons. The number of rotatable bonds is 5. The number of aldehydes is 1. The quantitative estimate of drug-likeness (QED) is 0.666. The van der Waals surface area contributed by atoms with Crippen molar-refractivity contribution in [1.29, 1.82) is 0 Å². The van der Waals surface area contributed by atoms with Crippen molar-refractivity contribution in [3.05, 3.63) is 35.9 Å². The zero-order valence-corrected chi connectivity index (χ0v) is 8.27. The average molecular weight is 190 g/mol. The van der Waals surface area contributed by atoms with Gasteiger partial charge >= 0.3 is 0 Å². The van der Waals surface area contributed by atoms with Crippen molar-refractivity contribution in [2.75, 3.05) is 0 Å². The largest absolute Gasteiger partial charge is 0.303 e. The van der Waals surface area contributed by atoms with Crippen LogP contribution in [0.15, 0.2) is 30.3 Å². The first-order valence-electron chi connectivity index (χ1n) is 4.72. The Balaban J connectivity index is 2.64. The van der Waals surface area contributed by atoms with E-state index in [2.05, 4.69) is 0 Å². The molecule has 1 unspecified atom stereocenters. The van der Waals surface area contributed by atoms with E-state index in [9.17, 15) is 9.59 Å². The molecular formula is C12H14O2. The van der Waals surface area contributed by atoms with Gasteiger partial charge in [0.15, 0.2) is 0 Å². The van der Waals surface area contributed by atoms with Crippen molar-refractivity contribution in [3.63, 3.8) is 0 Å². The van der Waals surface area contributed by atoms with Crippen LogP contribution in [0.5, 0.6) is 0 Å². The molecule has 0 radical (unpaired) electrons. The third-order valence-electron chi connectivity index (χ3n) is 2.28. The van der Waals surface area contributed by atoms with Crippen molar-refractivity contribution in [2.45, 2.75) is 19.8 Å². The summed E-state index contributed by atoms with van der Waals surface area (Å²) in [6.07, 6.45) is 1.80. The van der Waals surface area contributed by atoms with Crippen LogP contribution in [0.2, 0.25) is 0 Å². The van der Waals surface area contributed by atoms with Gasteiger partial charge in [-0.1, -0.05) is 30.3 Å². The third-order valence-corrected chi connectivity index (χ3v) is 2.28. The zero-order valence-electron chi connectivity index (χ0n) is 8.27. The molecule has 0 amide bonds. The molecule has 1 aromatic rings. The van der Waals surface area contributed by atoms with Crippen LogP contribution in [0.3, 0.4) is 0 Å².